The topological polar surface area (TPSA) is 107 Å². The number of aliphatic carboxylic acids is 2. The predicted octanol–water partition coefficient (Wildman–Crippen LogP) is 1.66. The molecule has 0 aliphatic rings. The maximum absolute atomic E-state index is 12.5. The van der Waals surface area contributed by atoms with E-state index in [0.29, 0.717) is 16.6 Å². The normalized spacial score (nSPS) is 11.7. The molecule has 182 valence electrons. The summed E-state index contributed by atoms with van der Waals surface area (Å²) in [5.74, 6) is 1.92. The Morgan fingerprint density at radius 1 is 0.971 bits per heavy atom. The molecule has 2 aromatic rings. The van der Waals surface area contributed by atoms with E-state index < -0.39 is 24.2 Å². The molecule has 2 aromatic carbocycles. The first kappa shape index (κ1) is 28.2. The van der Waals surface area contributed by atoms with Gasteiger partial charge in [0, 0.05) is 16.7 Å². The minimum absolute atomic E-state index is 0.109. The number of alkyl halides is 3. The van der Waals surface area contributed by atoms with E-state index in [1.807, 2.05) is 51.5 Å². The number of nitrogens with zero attached hydrogens (tertiary/aromatic N) is 1. The smallest absolute Gasteiger partial charge is 0.430 e. The first-order valence-electron chi connectivity index (χ1n) is 9.96. The van der Waals surface area contributed by atoms with E-state index in [-0.39, 0.29) is 12.3 Å². The number of carbonyl (C=O) groups is 3. The lowest BCUT2D eigenvalue weighted by atomic mass is 10.1. The summed E-state index contributed by atoms with van der Waals surface area (Å²) in [6.45, 7) is 0.526. The maximum atomic E-state index is 12.5. The molecule has 7 nitrogen and oxygen atoms in total. The highest BCUT2D eigenvalue weighted by atomic mass is 19.4. The van der Waals surface area contributed by atoms with Crippen LogP contribution in [0.3, 0.4) is 0 Å². The number of hydrogen-bond acceptors (Lipinski definition) is 4. The van der Waals surface area contributed by atoms with Gasteiger partial charge in [-0.2, -0.15) is 13.2 Å². The summed E-state index contributed by atoms with van der Waals surface area (Å²) in [6, 6.07) is 16.2. The molecule has 2 rings (SSSR count). The fourth-order valence-corrected chi connectivity index (χ4v) is 2.67. The third kappa shape index (κ3) is 11.7. The summed E-state index contributed by atoms with van der Waals surface area (Å²) in [5, 5.41) is 20.7. The molecule has 0 radical (unpaired) electrons. The lowest BCUT2D eigenvalue weighted by Gasteiger charge is -2.29. The Hall–Kier alpha value is -3.84. The molecule has 2 N–H and O–H groups in total. The van der Waals surface area contributed by atoms with Gasteiger partial charge in [0.1, 0.15) is 5.97 Å². The Bertz CT molecular complexity index is 1030. The van der Waals surface area contributed by atoms with Crippen molar-refractivity contribution in [2.24, 2.45) is 0 Å². The van der Waals surface area contributed by atoms with Crippen molar-refractivity contribution in [2.45, 2.75) is 18.6 Å². The van der Waals surface area contributed by atoms with Gasteiger partial charge in [-0.1, -0.05) is 30.0 Å². The summed E-state index contributed by atoms with van der Waals surface area (Å²) >= 11 is 0. The van der Waals surface area contributed by atoms with E-state index in [0.717, 1.165) is 11.1 Å². The van der Waals surface area contributed by atoms with E-state index in [4.69, 9.17) is 15.0 Å². The van der Waals surface area contributed by atoms with Crippen molar-refractivity contribution in [1.82, 2.24) is 5.32 Å². The van der Waals surface area contributed by atoms with E-state index in [2.05, 4.69) is 17.2 Å². The third-order valence-corrected chi connectivity index (χ3v) is 4.03. The summed E-state index contributed by atoms with van der Waals surface area (Å²) in [7, 11) is 5.88. The first-order valence-corrected chi connectivity index (χ1v) is 9.96. The SMILES string of the molecule is C[N+](C)(C)C[C@@H](CC(=O)O)NC(=O)c1ccc(C#Cc2ccccc2)cc1.O=C([O-])C(F)(F)F. The van der Waals surface area contributed by atoms with Crippen LogP contribution in [0, 0.1) is 11.8 Å². The second kappa shape index (κ2) is 12.4. The highest BCUT2D eigenvalue weighted by molar-refractivity contribution is 5.94. The molecular formula is C24H25F3N2O5. The number of halogens is 3. The number of benzene rings is 2. The van der Waals surface area contributed by atoms with Gasteiger partial charge >= 0.3 is 12.1 Å². The zero-order chi connectivity index (χ0) is 25.9. The van der Waals surface area contributed by atoms with Gasteiger partial charge in [-0.05, 0) is 36.4 Å². The Labute approximate surface area is 195 Å². The molecule has 0 unspecified atom stereocenters. The van der Waals surface area contributed by atoms with Gasteiger partial charge in [0.15, 0.2) is 0 Å². The van der Waals surface area contributed by atoms with Crippen LogP contribution in [0.5, 0.6) is 0 Å². The quantitative estimate of drug-likeness (QED) is 0.485. The lowest BCUT2D eigenvalue weighted by molar-refractivity contribution is -0.871. The highest BCUT2D eigenvalue weighted by Crippen LogP contribution is 2.11. The molecule has 0 aliphatic heterocycles. The number of hydrogen-bond donors (Lipinski definition) is 2. The van der Waals surface area contributed by atoms with Crippen LogP contribution in [-0.2, 0) is 9.59 Å². The zero-order valence-electron chi connectivity index (χ0n) is 18.8. The number of amides is 1. The van der Waals surface area contributed by atoms with Crippen LogP contribution < -0.4 is 10.4 Å². The molecule has 0 bridgehead atoms. The Morgan fingerprint density at radius 3 is 1.85 bits per heavy atom. The van der Waals surface area contributed by atoms with E-state index >= 15 is 0 Å². The third-order valence-electron chi connectivity index (χ3n) is 4.03. The van der Waals surface area contributed by atoms with Crippen LogP contribution in [-0.4, -0.2) is 67.3 Å². The molecule has 0 fully saturated rings. The summed E-state index contributed by atoms with van der Waals surface area (Å²) in [6.07, 6.45) is -5.30. The van der Waals surface area contributed by atoms with Crippen LogP contribution in [0.2, 0.25) is 0 Å². The van der Waals surface area contributed by atoms with Crippen molar-refractivity contribution in [3.63, 3.8) is 0 Å². The van der Waals surface area contributed by atoms with Gasteiger partial charge in [-0.3, -0.25) is 9.59 Å². The Kier molecular flexibility index (Phi) is 10.3. The monoisotopic (exact) mass is 478 g/mol. The summed E-state index contributed by atoms with van der Waals surface area (Å²) < 4.78 is 32.1. The number of carboxylic acids is 2. The van der Waals surface area contributed by atoms with Gasteiger partial charge < -0.3 is 24.8 Å². The predicted molar refractivity (Wildman–Crippen MR) is 116 cm³/mol. The van der Waals surface area contributed by atoms with Crippen molar-refractivity contribution in [2.75, 3.05) is 27.7 Å². The molecule has 1 atom stereocenters. The van der Waals surface area contributed by atoms with Gasteiger partial charge in [0.05, 0.1) is 40.2 Å². The van der Waals surface area contributed by atoms with Crippen molar-refractivity contribution in [1.29, 1.82) is 0 Å². The number of carboxylic acid groups (broad SMARTS) is 2. The van der Waals surface area contributed by atoms with Crippen molar-refractivity contribution >= 4 is 17.8 Å². The molecule has 0 saturated heterocycles. The van der Waals surface area contributed by atoms with Crippen molar-refractivity contribution in [3.05, 3.63) is 71.3 Å². The molecule has 10 heteroatoms. The lowest BCUT2D eigenvalue weighted by Crippen LogP contribution is -2.49. The van der Waals surface area contributed by atoms with Crippen LogP contribution in [0.4, 0.5) is 13.2 Å². The first-order chi connectivity index (χ1) is 15.7. The number of rotatable bonds is 6. The summed E-state index contributed by atoms with van der Waals surface area (Å²) in [4.78, 5) is 32.3. The van der Waals surface area contributed by atoms with Crippen molar-refractivity contribution in [3.8, 4) is 11.8 Å². The van der Waals surface area contributed by atoms with Crippen LogP contribution >= 0.6 is 0 Å². The maximum Gasteiger partial charge on any atom is 0.430 e. The average molecular weight is 478 g/mol. The molecule has 0 heterocycles. The summed E-state index contributed by atoms with van der Waals surface area (Å²) in [5.41, 5.74) is 2.22. The van der Waals surface area contributed by atoms with Gasteiger partial charge in [-0.25, -0.2) is 0 Å². The molecule has 0 saturated carbocycles. The van der Waals surface area contributed by atoms with Crippen LogP contribution in [0.15, 0.2) is 54.6 Å². The van der Waals surface area contributed by atoms with Gasteiger partial charge in [0.25, 0.3) is 5.91 Å². The average Bonchev–Trinajstić information content (AvgIpc) is 2.71. The van der Waals surface area contributed by atoms with E-state index in [9.17, 15) is 22.8 Å². The highest BCUT2D eigenvalue weighted by Gasteiger charge is 2.28. The standard InChI is InChI=1S/C22H24N2O3.C2HF3O2/c1-24(2,3)16-20(15-21(25)26)23-22(27)19-13-11-18(12-14-19)10-9-17-7-5-4-6-8-17;3-2(4,5)1(6)7/h4-8,11-14,20H,15-16H2,1-3H3,(H-,23,25,26,27);(H,6,7)/t20-;/m1./s1. The van der Waals surface area contributed by atoms with Gasteiger partial charge in [-0.15, -0.1) is 0 Å². The second-order valence-corrected chi connectivity index (χ2v) is 8.22. The Balaban J connectivity index is 0.000000718. The minimum Gasteiger partial charge on any atom is -0.542 e. The van der Waals surface area contributed by atoms with Crippen molar-refractivity contribution < 1.29 is 42.3 Å². The molecule has 0 aromatic heterocycles. The fourth-order valence-electron chi connectivity index (χ4n) is 2.67. The van der Waals surface area contributed by atoms with E-state index in [1.165, 1.54) is 0 Å². The number of quaternary nitrogens is 1. The number of likely N-dealkylation sites (N-methyl/N-ethyl adjacent to an activating group) is 1. The fraction of sp³-hybridized carbons (Fsp3) is 0.292. The minimum atomic E-state index is -5.19. The number of nitrogens with one attached hydrogen (secondary N) is 1. The van der Waals surface area contributed by atoms with E-state index in [1.54, 1.807) is 24.3 Å². The molecule has 1 amide bonds. The second-order valence-electron chi connectivity index (χ2n) is 8.22. The van der Waals surface area contributed by atoms with Crippen LogP contribution in [0.25, 0.3) is 0 Å². The number of carbonyl (C=O) groups excluding carboxylic acids is 2. The largest absolute Gasteiger partial charge is 0.542 e. The van der Waals surface area contributed by atoms with Crippen LogP contribution in [0.1, 0.15) is 27.9 Å². The molecule has 0 spiro atoms. The molecular weight excluding hydrogens is 453 g/mol. The van der Waals surface area contributed by atoms with Gasteiger partial charge in [0.2, 0.25) is 0 Å². The zero-order valence-corrected chi connectivity index (χ0v) is 18.8. The molecule has 34 heavy (non-hydrogen) atoms. The Morgan fingerprint density at radius 2 is 1.44 bits per heavy atom. The molecule has 0 aliphatic carbocycles.